The van der Waals surface area contributed by atoms with E-state index in [1.807, 2.05) is 0 Å². The van der Waals surface area contributed by atoms with Gasteiger partial charge in [0.15, 0.2) is 0 Å². The highest BCUT2D eigenvalue weighted by molar-refractivity contribution is 6.00. The largest absolute Gasteiger partial charge is 0.396 e. The van der Waals surface area contributed by atoms with Crippen molar-refractivity contribution in [2.75, 3.05) is 5.73 Å². The van der Waals surface area contributed by atoms with Crippen LogP contribution in [0.15, 0.2) is 6.20 Å². The van der Waals surface area contributed by atoms with Gasteiger partial charge in [0.2, 0.25) is 5.91 Å². The van der Waals surface area contributed by atoms with E-state index >= 15 is 0 Å². The molecule has 0 atom stereocenters. The molecule has 1 aromatic heterocycles. The third kappa shape index (κ3) is 2.25. The molecule has 0 aliphatic rings. The quantitative estimate of drug-likeness (QED) is 0.510. The summed E-state index contributed by atoms with van der Waals surface area (Å²) in [5, 5.41) is 8.45. The monoisotopic (exact) mass is 211 g/mol. The highest BCUT2D eigenvalue weighted by Crippen LogP contribution is 2.08. The Labute approximate surface area is 86.2 Å². The molecule has 0 unspecified atom stereocenters. The maximum Gasteiger partial charge on any atom is 0.272 e. The second kappa shape index (κ2) is 3.60. The average Bonchev–Trinajstić information content (AvgIpc) is 2.50. The summed E-state index contributed by atoms with van der Waals surface area (Å²) in [5.41, 5.74) is 9.77. The summed E-state index contributed by atoms with van der Waals surface area (Å²) < 4.78 is 0. The van der Waals surface area contributed by atoms with Gasteiger partial charge in [0.05, 0.1) is 11.9 Å². The van der Waals surface area contributed by atoms with E-state index in [1.54, 1.807) is 0 Å². The zero-order valence-electron chi connectivity index (χ0n) is 8.50. The molecule has 0 saturated heterocycles. The Morgan fingerprint density at radius 1 is 1.53 bits per heavy atom. The Morgan fingerprint density at radius 2 is 2.13 bits per heavy atom. The van der Waals surface area contributed by atoms with E-state index in [0.29, 0.717) is 0 Å². The number of nitrogens with one attached hydrogen (secondary N) is 2. The van der Waals surface area contributed by atoms with Crippen LogP contribution in [-0.2, 0) is 4.79 Å². The molecule has 7 heteroatoms. The van der Waals surface area contributed by atoms with Crippen LogP contribution in [0.2, 0.25) is 0 Å². The van der Waals surface area contributed by atoms with E-state index in [0.717, 1.165) is 0 Å². The molecule has 1 heterocycles. The molecule has 1 aromatic rings. The molecule has 0 saturated carbocycles. The van der Waals surface area contributed by atoms with Crippen LogP contribution in [0, 0.1) is 0 Å². The van der Waals surface area contributed by atoms with E-state index < -0.39 is 17.4 Å². The summed E-state index contributed by atoms with van der Waals surface area (Å²) in [6.45, 7) is 3.00. The van der Waals surface area contributed by atoms with Crippen LogP contribution < -0.4 is 16.8 Å². The van der Waals surface area contributed by atoms with E-state index in [1.165, 1.54) is 20.0 Å². The lowest BCUT2D eigenvalue weighted by molar-refractivity contribution is -0.122. The van der Waals surface area contributed by atoms with Gasteiger partial charge in [-0.3, -0.25) is 14.7 Å². The van der Waals surface area contributed by atoms with Gasteiger partial charge in [-0.1, -0.05) is 0 Å². The van der Waals surface area contributed by atoms with Crippen molar-refractivity contribution >= 4 is 17.5 Å². The molecule has 2 amide bonds. The van der Waals surface area contributed by atoms with Crippen LogP contribution in [0.5, 0.6) is 0 Å². The Hall–Kier alpha value is -2.05. The molecule has 82 valence electrons. The summed E-state index contributed by atoms with van der Waals surface area (Å²) in [4.78, 5) is 22.5. The molecule has 0 aliphatic carbocycles. The molecule has 15 heavy (non-hydrogen) atoms. The lowest BCUT2D eigenvalue weighted by atomic mass is 10.1. The van der Waals surface area contributed by atoms with Crippen LogP contribution in [-0.4, -0.2) is 27.6 Å². The fourth-order valence-corrected chi connectivity index (χ4v) is 0.885. The van der Waals surface area contributed by atoms with Gasteiger partial charge in [-0.25, -0.2) is 0 Å². The van der Waals surface area contributed by atoms with E-state index in [9.17, 15) is 9.59 Å². The first-order valence-electron chi connectivity index (χ1n) is 4.26. The smallest absolute Gasteiger partial charge is 0.272 e. The first kappa shape index (κ1) is 11.0. The van der Waals surface area contributed by atoms with Gasteiger partial charge in [-0.05, 0) is 13.8 Å². The predicted octanol–water partition coefficient (Wildman–Crippen LogP) is -1.01. The molecule has 0 radical (unpaired) electrons. The third-order valence-electron chi connectivity index (χ3n) is 1.94. The van der Waals surface area contributed by atoms with E-state index in [4.69, 9.17) is 11.5 Å². The number of aromatic amines is 1. The van der Waals surface area contributed by atoms with Crippen LogP contribution in [0.1, 0.15) is 24.3 Å². The lowest BCUT2D eigenvalue weighted by Gasteiger charge is -2.21. The average molecular weight is 211 g/mol. The van der Waals surface area contributed by atoms with Crippen molar-refractivity contribution in [2.24, 2.45) is 5.73 Å². The first-order valence-corrected chi connectivity index (χ1v) is 4.26. The second-order valence-corrected chi connectivity index (χ2v) is 3.64. The Bertz CT molecular complexity index is 395. The molecule has 0 bridgehead atoms. The number of hydrogen-bond donors (Lipinski definition) is 4. The maximum absolute atomic E-state index is 11.6. The highest BCUT2D eigenvalue weighted by Gasteiger charge is 2.28. The summed E-state index contributed by atoms with van der Waals surface area (Å²) in [5.74, 6) is -1.15. The minimum absolute atomic E-state index is 0.115. The summed E-state index contributed by atoms with van der Waals surface area (Å²) in [6, 6.07) is 0. The number of hydrogen-bond acceptors (Lipinski definition) is 4. The minimum Gasteiger partial charge on any atom is -0.396 e. The standard InChI is InChI=1S/C8H13N5O2/c1-8(2,7(10)15)12-6(14)5-4(9)3-11-13-5/h3H,9H2,1-2H3,(H2,10,15)(H,11,13)(H,12,14). The van der Waals surface area contributed by atoms with Crippen LogP contribution in [0.25, 0.3) is 0 Å². The zero-order chi connectivity index (χ0) is 11.6. The van der Waals surface area contributed by atoms with Gasteiger partial charge < -0.3 is 16.8 Å². The Kier molecular flexibility index (Phi) is 2.65. The van der Waals surface area contributed by atoms with Crippen molar-refractivity contribution in [2.45, 2.75) is 19.4 Å². The van der Waals surface area contributed by atoms with Crippen molar-refractivity contribution in [3.8, 4) is 0 Å². The SMILES string of the molecule is CC(C)(NC(=O)c1[nH]ncc1N)C(N)=O. The number of carbonyl (C=O) groups excluding carboxylic acids is 2. The number of aromatic nitrogens is 2. The van der Waals surface area contributed by atoms with Gasteiger partial charge in [-0.15, -0.1) is 0 Å². The first-order chi connectivity index (χ1) is 6.84. The number of nitrogen functional groups attached to an aromatic ring is 1. The number of nitrogens with zero attached hydrogens (tertiary/aromatic N) is 1. The zero-order valence-corrected chi connectivity index (χ0v) is 8.50. The maximum atomic E-state index is 11.6. The molecule has 0 aromatic carbocycles. The molecular weight excluding hydrogens is 198 g/mol. The normalized spacial score (nSPS) is 11.1. The molecular formula is C8H13N5O2. The summed E-state index contributed by atoms with van der Waals surface area (Å²) in [7, 11) is 0. The van der Waals surface area contributed by atoms with Crippen molar-refractivity contribution in [1.29, 1.82) is 0 Å². The number of carbonyl (C=O) groups is 2. The lowest BCUT2D eigenvalue weighted by Crippen LogP contribution is -2.53. The minimum atomic E-state index is -1.13. The van der Waals surface area contributed by atoms with Crippen LogP contribution >= 0.6 is 0 Å². The topological polar surface area (TPSA) is 127 Å². The molecule has 0 fully saturated rings. The van der Waals surface area contributed by atoms with E-state index in [-0.39, 0.29) is 11.4 Å². The fourth-order valence-electron chi connectivity index (χ4n) is 0.885. The van der Waals surface area contributed by atoms with Gasteiger partial charge in [0, 0.05) is 0 Å². The van der Waals surface area contributed by atoms with Crippen LogP contribution in [0.4, 0.5) is 5.69 Å². The number of primary amides is 1. The van der Waals surface area contributed by atoms with Gasteiger partial charge in [-0.2, -0.15) is 5.10 Å². The van der Waals surface area contributed by atoms with Gasteiger partial charge in [0.1, 0.15) is 11.2 Å². The van der Waals surface area contributed by atoms with Crippen molar-refractivity contribution in [1.82, 2.24) is 15.5 Å². The van der Waals surface area contributed by atoms with Gasteiger partial charge in [0.25, 0.3) is 5.91 Å². The fraction of sp³-hybridized carbons (Fsp3) is 0.375. The van der Waals surface area contributed by atoms with Gasteiger partial charge >= 0.3 is 0 Å². The summed E-state index contributed by atoms with van der Waals surface area (Å²) >= 11 is 0. The molecule has 7 nitrogen and oxygen atoms in total. The van der Waals surface area contributed by atoms with Crippen molar-refractivity contribution in [3.05, 3.63) is 11.9 Å². The predicted molar refractivity (Wildman–Crippen MR) is 53.7 cm³/mol. The number of anilines is 1. The molecule has 6 N–H and O–H groups in total. The highest BCUT2D eigenvalue weighted by atomic mass is 16.2. The van der Waals surface area contributed by atoms with Crippen molar-refractivity contribution < 1.29 is 9.59 Å². The molecule has 0 spiro atoms. The molecule has 0 aliphatic heterocycles. The number of rotatable bonds is 3. The van der Waals surface area contributed by atoms with Crippen molar-refractivity contribution in [3.63, 3.8) is 0 Å². The number of H-pyrrole nitrogens is 1. The second-order valence-electron chi connectivity index (χ2n) is 3.64. The molecule has 1 rings (SSSR count). The van der Waals surface area contributed by atoms with E-state index in [2.05, 4.69) is 15.5 Å². The number of nitrogens with two attached hydrogens (primary N) is 2. The Balaban J connectivity index is 2.81. The summed E-state index contributed by atoms with van der Waals surface area (Å²) in [6.07, 6.45) is 1.31. The van der Waals surface area contributed by atoms with Crippen LogP contribution in [0.3, 0.4) is 0 Å². The number of amides is 2. The Morgan fingerprint density at radius 3 is 2.53 bits per heavy atom. The third-order valence-corrected chi connectivity index (χ3v) is 1.94.